The number of rotatable bonds is 8. The molecule has 0 heterocycles. The maximum atomic E-state index is 13.7. The van der Waals surface area contributed by atoms with Crippen molar-refractivity contribution in [2.45, 2.75) is 13.0 Å². The summed E-state index contributed by atoms with van der Waals surface area (Å²) >= 11 is 0. The van der Waals surface area contributed by atoms with Gasteiger partial charge in [-0.05, 0) is 31.7 Å². The van der Waals surface area contributed by atoms with Gasteiger partial charge in [-0.2, -0.15) is 0 Å². The Kier molecular flexibility index (Phi) is 6.77. The molecule has 2 N–H and O–H groups in total. The van der Waals surface area contributed by atoms with Crippen molar-refractivity contribution in [1.82, 2.24) is 4.90 Å². The molecule has 0 aliphatic rings. The summed E-state index contributed by atoms with van der Waals surface area (Å²) < 4.78 is 23.9. The Morgan fingerprint density at radius 1 is 1.42 bits per heavy atom. The minimum absolute atomic E-state index is 0.0270. The van der Waals surface area contributed by atoms with Gasteiger partial charge >= 0.3 is 0 Å². The van der Waals surface area contributed by atoms with Gasteiger partial charge in [0.25, 0.3) is 0 Å². The number of hydrogen-bond donors (Lipinski definition) is 1. The molecule has 19 heavy (non-hydrogen) atoms. The van der Waals surface area contributed by atoms with Crippen molar-refractivity contribution >= 4 is 0 Å². The Hall–Kier alpha value is -1.17. The lowest BCUT2D eigenvalue weighted by Gasteiger charge is -2.27. The standard InChI is InChI=1S/C14H23FN2O2/c1-4-19-8-7-17(2)13(10-16)11-5-6-14(18-3)12(15)9-11/h5-6,9,13H,4,7-8,10,16H2,1-3H3. The number of hydrogen-bond acceptors (Lipinski definition) is 4. The zero-order valence-corrected chi connectivity index (χ0v) is 11.9. The summed E-state index contributed by atoms with van der Waals surface area (Å²) in [4.78, 5) is 2.07. The highest BCUT2D eigenvalue weighted by atomic mass is 19.1. The Morgan fingerprint density at radius 3 is 2.68 bits per heavy atom. The zero-order chi connectivity index (χ0) is 14.3. The predicted molar refractivity (Wildman–Crippen MR) is 73.9 cm³/mol. The molecule has 1 atom stereocenters. The monoisotopic (exact) mass is 270 g/mol. The van der Waals surface area contributed by atoms with Crippen molar-refractivity contribution in [3.63, 3.8) is 0 Å². The molecule has 0 amide bonds. The Balaban J connectivity index is 2.75. The Labute approximate surface area is 114 Å². The van der Waals surface area contributed by atoms with Crippen LogP contribution in [0, 0.1) is 5.82 Å². The van der Waals surface area contributed by atoms with Gasteiger partial charge in [-0.25, -0.2) is 4.39 Å². The molecular weight excluding hydrogens is 247 g/mol. The summed E-state index contributed by atoms with van der Waals surface area (Å²) in [6.45, 7) is 4.47. The normalized spacial score (nSPS) is 12.7. The summed E-state index contributed by atoms with van der Waals surface area (Å²) in [5.41, 5.74) is 6.64. The highest BCUT2D eigenvalue weighted by Crippen LogP contribution is 2.24. The first-order valence-electron chi connectivity index (χ1n) is 6.45. The molecule has 0 aliphatic heterocycles. The molecular formula is C14H23FN2O2. The van der Waals surface area contributed by atoms with E-state index in [-0.39, 0.29) is 17.6 Å². The van der Waals surface area contributed by atoms with Gasteiger partial charge in [0.2, 0.25) is 0 Å². The molecule has 5 heteroatoms. The van der Waals surface area contributed by atoms with Crippen molar-refractivity contribution in [2.24, 2.45) is 5.73 Å². The van der Waals surface area contributed by atoms with Gasteiger partial charge in [0, 0.05) is 25.7 Å². The molecule has 4 nitrogen and oxygen atoms in total. The molecule has 1 aromatic rings. The fourth-order valence-electron chi connectivity index (χ4n) is 1.97. The summed E-state index contributed by atoms with van der Waals surface area (Å²) in [5.74, 6) is -0.117. The zero-order valence-electron chi connectivity index (χ0n) is 11.9. The van der Waals surface area contributed by atoms with Crippen LogP contribution in [0.15, 0.2) is 18.2 Å². The predicted octanol–water partition coefficient (Wildman–Crippen LogP) is 1.80. The quantitative estimate of drug-likeness (QED) is 0.732. The molecule has 0 fully saturated rings. The molecule has 108 valence electrons. The molecule has 1 rings (SSSR count). The number of ether oxygens (including phenoxy) is 2. The lowest BCUT2D eigenvalue weighted by molar-refractivity contribution is 0.108. The maximum absolute atomic E-state index is 13.7. The third-order valence-corrected chi connectivity index (χ3v) is 3.11. The Morgan fingerprint density at radius 2 is 2.16 bits per heavy atom. The molecule has 1 aromatic carbocycles. The van der Waals surface area contributed by atoms with E-state index >= 15 is 0 Å². The van der Waals surface area contributed by atoms with Crippen molar-refractivity contribution in [3.05, 3.63) is 29.6 Å². The Bertz CT molecular complexity index is 388. The van der Waals surface area contributed by atoms with E-state index in [0.29, 0.717) is 19.8 Å². The van der Waals surface area contributed by atoms with Crippen LogP contribution in [0.1, 0.15) is 18.5 Å². The van der Waals surface area contributed by atoms with Crippen LogP contribution < -0.4 is 10.5 Å². The van der Waals surface area contributed by atoms with Crippen molar-refractivity contribution < 1.29 is 13.9 Å². The summed E-state index contributed by atoms with van der Waals surface area (Å²) in [6.07, 6.45) is 0. The van der Waals surface area contributed by atoms with Crippen LogP contribution in [0.3, 0.4) is 0 Å². The van der Waals surface area contributed by atoms with Crippen LogP contribution in [0.5, 0.6) is 5.75 Å². The highest BCUT2D eigenvalue weighted by Gasteiger charge is 2.17. The van der Waals surface area contributed by atoms with Crippen LogP contribution in [-0.4, -0.2) is 45.4 Å². The van der Waals surface area contributed by atoms with Crippen molar-refractivity contribution in [1.29, 1.82) is 0 Å². The third kappa shape index (κ3) is 4.45. The van der Waals surface area contributed by atoms with Crippen molar-refractivity contribution in [3.8, 4) is 5.75 Å². The van der Waals surface area contributed by atoms with E-state index < -0.39 is 0 Å². The highest BCUT2D eigenvalue weighted by molar-refractivity contribution is 5.31. The number of methoxy groups -OCH3 is 1. The fourth-order valence-corrected chi connectivity index (χ4v) is 1.97. The first-order valence-corrected chi connectivity index (χ1v) is 6.45. The molecule has 0 radical (unpaired) electrons. The largest absolute Gasteiger partial charge is 0.494 e. The minimum Gasteiger partial charge on any atom is -0.494 e. The molecule has 0 aromatic heterocycles. The van der Waals surface area contributed by atoms with Gasteiger partial charge in [0.05, 0.1) is 13.7 Å². The van der Waals surface area contributed by atoms with Crippen LogP contribution in [0.4, 0.5) is 4.39 Å². The lowest BCUT2D eigenvalue weighted by atomic mass is 10.1. The van der Waals surface area contributed by atoms with E-state index in [0.717, 1.165) is 12.1 Å². The summed E-state index contributed by atoms with van der Waals surface area (Å²) in [6, 6.07) is 4.93. The SMILES string of the molecule is CCOCCN(C)C(CN)c1ccc(OC)c(F)c1. The average molecular weight is 270 g/mol. The van der Waals surface area contributed by atoms with E-state index in [1.165, 1.54) is 13.2 Å². The van der Waals surface area contributed by atoms with E-state index in [4.69, 9.17) is 15.2 Å². The van der Waals surface area contributed by atoms with E-state index in [1.807, 2.05) is 20.0 Å². The van der Waals surface area contributed by atoms with Crippen LogP contribution >= 0.6 is 0 Å². The number of nitrogens with two attached hydrogens (primary N) is 1. The lowest BCUT2D eigenvalue weighted by Crippen LogP contribution is -2.33. The van der Waals surface area contributed by atoms with E-state index in [1.54, 1.807) is 6.07 Å². The minimum atomic E-state index is -0.364. The molecule has 0 spiro atoms. The number of benzene rings is 1. The number of halogens is 1. The molecule has 0 aliphatic carbocycles. The number of likely N-dealkylation sites (N-methyl/N-ethyl adjacent to an activating group) is 1. The van der Waals surface area contributed by atoms with Crippen molar-refractivity contribution in [2.75, 3.05) is 40.5 Å². The molecule has 0 saturated carbocycles. The molecule has 0 saturated heterocycles. The molecule has 0 bridgehead atoms. The summed E-state index contributed by atoms with van der Waals surface area (Å²) in [5, 5.41) is 0. The van der Waals surface area contributed by atoms with Gasteiger partial charge in [-0.15, -0.1) is 0 Å². The first-order chi connectivity index (χ1) is 9.13. The van der Waals surface area contributed by atoms with E-state index in [2.05, 4.69) is 4.90 Å². The van der Waals surface area contributed by atoms with Gasteiger partial charge < -0.3 is 15.2 Å². The average Bonchev–Trinajstić information content (AvgIpc) is 2.40. The molecule has 1 unspecified atom stereocenters. The number of nitrogens with zero attached hydrogens (tertiary/aromatic N) is 1. The second kappa shape index (κ2) is 8.09. The maximum Gasteiger partial charge on any atom is 0.165 e. The van der Waals surface area contributed by atoms with Crippen LogP contribution in [0.2, 0.25) is 0 Å². The summed E-state index contributed by atoms with van der Waals surface area (Å²) in [7, 11) is 3.41. The van der Waals surface area contributed by atoms with Crippen LogP contribution in [-0.2, 0) is 4.74 Å². The van der Waals surface area contributed by atoms with Gasteiger partial charge in [0.1, 0.15) is 0 Å². The first kappa shape index (κ1) is 15.9. The second-order valence-electron chi connectivity index (χ2n) is 4.32. The second-order valence-corrected chi connectivity index (χ2v) is 4.32. The fraction of sp³-hybridized carbons (Fsp3) is 0.571. The smallest absolute Gasteiger partial charge is 0.165 e. The van der Waals surface area contributed by atoms with Crippen LogP contribution in [0.25, 0.3) is 0 Å². The van der Waals surface area contributed by atoms with Gasteiger partial charge in [-0.1, -0.05) is 6.07 Å². The topological polar surface area (TPSA) is 47.7 Å². The van der Waals surface area contributed by atoms with Gasteiger partial charge in [-0.3, -0.25) is 4.90 Å². The third-order valence-electron chi connectivity index (χ3n) is 3.11. The van der Waals surface area contributed by atoms with Gasteiger partial charge in [0.15, 0.2) is 11.6 Å². The van der Waals surface area contributed by atoms with E-state index in [9.17, 15) is 4.39 Å².